The molecule has 0 radical (unpaired) electrons. The molecule has 0 aromatic heterocycles. The minimum atomic E-state index is -1.93. The highest BCUT2D eigenvalue weighted by Gasteiger charge is 2.36. The van der Waals surface area contributed by atoms with Crippen LogP contribution >= 0.6 is 0 Å². The second kappa shape index (κ2) is 6.29. The van der Waals surface area contributed by atoms with Crippen molar-refractivity contribution in [2.24, 2.45) is 0 Å². The van der Waals surface area contributed by atoms with Crippen LogP contribution in [0.5, 0.6) is 0 Å². The van der Waals surface area contributed by atoms with Crippen LogP contribution in [-0.2, 0) is 13.6 Å². The average Bonchev–Trinajstić information content (AvgIpc) is 2.37. The molecule has 2 aliphatic heterocycles. The first-order chi connectivity index (χ1) is 8.22. The van der Waals surface area contributed by atoms with E-state index in [1.54, 1.807) is 0 Å². The quantitative estimate of drug-likeness (QED) is 0.669. The molecule has 2 heterocycles. The number of fused-ring (bicyclic) bond motifs is 2. The molecule has 0 aromatic rings. The molecule has 0 N–H and O–H groups in total. The number of likely N-dealkylation sites (N-methyl/N-ethyl adjacent to an activating group) is 1. The summed E-state index contributed by atoms with van der Waals surface area (Å²) >= 11 is 0. The fraction of sp³-hybridized carbons (Fsp3) is 1.00. The van der Waals surface area contributed by atoms with E-state index in [9.17, 15) is 0 Å². The molecule has 2 saturated heterocycles. The molecule has 2 bridgehead atoms. The summed E-state index contributed by atoms with van der Waals surface area (Å²) in [6.07, 6.45) is 2.39. The van der Waals surface area contributed by atoms with Crippen molar-refractivity contribution in [3.63, 3.8) is 0 Å². The predicted octanol–water partition coefficient (Wildman–Crippen LogP) is 1.61. The molecule has 2 rings (SSSR count). The Balaban J connectivity index is 2.04. The SMILES string of the molecule is CCN1CCCO[Si]2(C)CCCOCC(C1)O2. The van der Waals surface area contributed by atoms with Gasteiger partial charge in [-0.3, -0.25) is 0 Å². The van der Waals surface area contributed by atoms with Gasteiger partial charge < -0.3 is 18.5 Å². The molecule has 5 heteroatoms. The second-order valence-electron chi connectivity index (χ2n) is 5.15. The molecule has 17 heavy (non-hydrogen) atoms. The van der Waals surface area contributed by atoms with E-state index in [-0.39, 0.29) is 6.10 Å². The summed E-state index contributed by atoms with van der Waals surface area (Å²) in [5, 5.41) is 0. The van der Waals surface area contributed by atoms with Gasteiger partial charge in [-0.1, -0.05) is 6.92 Å². The Labute approximate surface area is 105 Å². The first-order valence-corrected chi connectivity index (χ1v) is 9.36. The molecule has 0 spiro atoms. The number of rotatable bonds is 1. The van der Waals surface area contributed by atoms with Crippen LogP contribution in [0.2, 0.25) is 12.6 Å². The normalized spacial score (nSPS) is 37.4. The smallest absolute Gasteiger partial charge is 0.335 e. The summed E-state index contributed by atoms with van der Waals surface area (Å²) in [7, 11) is -1.93. The Kier molecular flexibility index (Phi) is 4.99. The maximum absolute atomic E-state index is 6.28. The van der Waals surface area contributed by atoms with Crippen molar-refractivity contribution in [2.45, 2.75) is 38.5 Å². The molecule has 0 amide bonds. The van der Waals surface area contributed by atoms with Crippen molar-refractivity contribution in [2.75, 3.05) is 39.5 Å². The van der Waals surface area contributed by atoms with Gasteiger partial charge in [-0.05, 0) is 32.0 Å². The lowest BCUT2D eigenvalue weighted by atomic mass is 10.3. The van der Waals surface area contributed by atoms with Gasteiger partial charge in [0.15, 0.2) is 0 Å². The lowest BCUT2D eigenvalue weighted by Gasteiger charge is -2.34. The second-order valence-corrected chi connectivity index (χ2v) is 8.44. The van der Waals surface area contributed by atoms with Gasteiger partial charge in [-0.25, -0.2) is 0 Å². The van der Waals surface area contributed by atoms with Crippen LogP contribution in [-0.4, -0.2) is 59.0 Å². The van der Waals surface area contributed by atoms with Crippen LogP contribution in [0.25, 0.3) is 0 Å². The van der Waals surface area contributed by atoms with Crippen LogP contribution in [0.4, 0.5) is 0 Å². The summed E-state index contributed by atoms with van der Waals surface area (Å²) in [5.74, 6) is 0. The summed E-state index contributed by atoms with van der Waals surface area (Å²) in [5.41, 5.74) is 0. The number of hydrogen-bond donors (Lipinski definition) is 0. The maximum Gasteiger partial charge on any atom is 0.335 e. The third-order valence-corrected chi connectivity index (χ3v) is 6.48. The zero-order chi connectivity index (χ0) is 12.1. The molecule has 4 nitrogen and oxygen atoms in total. The molecule has 2 atom stereocenters. The minimum absolute atomic E-state index is 0.199. The average molecular weight is 259 g/mol. The van der Waals surface area contributed by atoms with Crippen molar-refractivity contribution >= 4 is 8.56 Å². The van der Waals surface area contributed by atoms with Gasteiger partial charge in [-0.2, -0.15) is 0 Å². The Bertz CT molecular complexity index is 242. The number of ether oxygens (including phenoxy) is 1. The Morgan fingerprint density at radius 2 is 2.18 bits per heavy atom. The van der Waals surface area contributed by atoms with Crippen molar-refractivity contribution in [3.05, 3.63) is 0 Å². The maximum atomic E-state index is 6.28. The third kappa shape index (κ3) is 4.03. The van der Waals surface area contributed by atoms with E-state index in [1.807, 2.05) is 0 Å². The van der Waals surface area contributed by atoms with E-state index in [2.05, 4.69) is 18.4 Å². The van der Waals surface area contributed by atoms with E-state index in [1.165, 1.54) is 0 Å². The Morgan fingerprint density at radius 3 is 3.00 bits per heavy atom. The van der Waals surface area contributed by atoms with Gasteiger partial charge in [0.05, 0.1) is 12.7 Å². The van der Waals surface area contributed by atoms with E-state index in [0.717, 1.165) is 58.3 Å². The molecule has 0 saturated carbocycles. The first-order valence-electron chi connectivity index (χ1n) is 6.84. The monoisotopic (exact) mass is 259 g/mol. The van der Waals surface area contributed by atoms with Crippen LogP contribution in [0.1, 0.15) is 19.8 Å². The van der Waals surface area contributed by atoms with Crippen molar-refractivity contribution in [1.29, 1.82) is 0 Å². The van der Waals surface area contributed by atoms with Gasteiger partial charge in [0, 0.05) is 26.3 Å². The number of hydrogen-bond acceptors (Lipinski definition) is 4. The van der Waals surface area contributed by atoms with E-state index >= 15 is 0 Å². The fourth-order valence-corrected chi connectivity index (χ4v) is 5.14. The highest BCUT2D eigenvalue weighted by molar-refractivity contribution is 6.66. The topological polar surface area (TPSA) is 30.9 Å². The summed E-state index contributed by atoms with van der Waals surface area (Å²) in [6, 6.07) is 1.07. The van der Waals surface area contributed by atoms with Crippen LogP contribution < -0.4 is 0 Å². The lowest BCUT2D eigenvalue weighted by Crippen LogP contribution is -2.47. The van der Waals surface area contributed by atoms with Gasteiger partial charge in [0.1, 0.15) is 0 Å². The standard InChI is InChI=1S/C12H25NO3Si/c1-3-13-6-4-8-15-17(2)9-5-7-14-11-12(10-13)16-17/h12H,3-11H2,1-2H3. The minimum Gasteiger partial charge on any atom is -0.394 e. The Morgan fingerprint density at radius 1 is 1.29 bits per heavy atom. The van der Waals surface area contributed by atoms with E-state index in [0.29, 0.717) is 0 Å². The molecule has 0 aliphatic carbocycles. The molecular weight excluding hydrogens is 234 g/mol. The molecule has 2 fully saturated rings. The van der Waals surface area contributed by atoms with Crippen LogP contribution in [0.3, 0.4) is 0 Å². The zero-order valence-corrected chi connectivity index (χ0v) is 12.1. The van der Waals surface area contributed by atoms with Crippen LogP contribution in [0.15, 0.2) is 0 Å². The van der Waals surface area contributed by atoms with Crippen molar-refractivity contribution in [1.82, 2.24) is 4.90 Å². The molecule has 2 unspecified atom stereocenters. The fourth-order valence-electron chi connectivity index (χ4n) is 2.59. The van der Waals surface area contributed by atoms with Crippen LogP contribution in [0, 0.1) is 0 Å². The Hall–Kier alpha value is 0.0569. The van der Waals surface area contributed by atoms with Gasteiger partial charge in [0.25, 0.3) is 0 Å². The van der Waals surface area contributed by atoms with Crippen molar-refractivity contribution in [3.8, 4) is 0 Å². The van der Waals surface area contributed by atoms with E-state index in [4.69, 9.17) is 13.6 Å². The lowest BCUT2D eigenvalue weighted by molar-refractivity contribution is 0.00476. The predicted molar refractivity (Wildman–Crippen MR) is 69.4 cm³/mol. The highest BCUT2D eigenvalue weighted by Crippen LogP contribution is 2.22. The molecular formula is C12H25NO3Si. The first kappa shape index (κ1) is 13.5. The van der Waals surface area contributed by atoms with Gasteiger partial charge in [-0.15, -0.1) is 0 Å². The number of nitrogens with zero attached hydrogens (tertiary/aromatic N) is 1. The molecule has 100 valence electrons. The largest absolute Gasteiger partial charge is 0.394 e. The summed E-state index contributed by atoms with van der Waals surface area (Å²) in [4.78, 5) is 2.44. The highest BCUT2D eigenvalue weighted by atomic mass is 28.4. The van der Waals surface area contributed by atoms with Gasteiger partial charge in [0.2, 0.25) is 0 Å². The summed E-state index contributed by atoms with van der Waals surface area (Å²) in [6.45, 7) is 10.0. The van der Waals surface area contributed by atoms with Gasteiger partial charge >= 0.3 is 8.56 Å². The van der Waals surface area contributed by atoms with E-state index < -0.39 is 8.56 Å². The zero-order valence-electron chi connectivity index (χ0n) is 11.1. The molecule has 0 aromatic carbocycles. The molecule has 2 aliphatic rings. The van der Waals surface area contributed by atoms with Crippen molar-refractivity contribution < 1.29 is 13.6 Å². The summed E-state index contributed by atoms with van der Waals surface area (Å²) < 4.78 is 18.0. The third-order valence-electron chi connectivity index (χ3n) is 3.57.